The molecule has 0 radical (unpaired) electrons. The first-order chi connectivity index (χ1) is 14.2. The van der Waals surface area contributed by atoms with Crippen molar-refractivity contribution in [3.8, 4) is 0 Å². The molecule has 2 aromatic heterocycles. The Labute approximate surface area is 168 Å². The van der Waals surface area contributed by atoms with Gasteiger partial charge in [0.05, 0.1) is 17.7 Å². The Morgan fingerprint density at radius 1 is 1.17 bits per heavy atom. The number of hydrogen-bond acceptors (Lipinski definition) is 6. The van der Waals surface area contributed by atoms with E-state index in [1.807, 2.05) is 25.3 Å². The molecule has 29 heavy (non-hydrogen) atoms. The van der Waals surface area contributed by atoms with E-state index in [1.54, 1.807) is 18.8 Å². The van der Waals surface area contributed by atoms with E-state index in [-0.39, 0.29) is 12.1 Å². The minimum atomic E-state index is -0.265. The molecule has 3 aromatic rings. The van der Waals surface area contributed by atoms with Crippen LogP contribution in [-0.2, 0) is 0 Å². The fourth-order valence-electron chi connectivity index (χ4n) is 4.24. The zero-order valence-electron chi connectivity index (χ0n) is 16.2. The lowest BCUT2D eigenvalue weighted by Crippen LogP contribution is -2.48. The summed E-state index contributed by atoms with van der Waals surface area (Å²) in [5.41, 5.74) is 3.52. The Morgan fingerprint density at radius 2 is 2.03 bits per heavy atom. The predicted octanol–water partition coefficient (Wildman–Crippen LogP) is 3.77. The van der Waals surface area contributed by atoms with Gasteiger partial charge in [-0.1, -0.05) is 0 Å². The zero-order valence-corrected chi connectivity index (χ0v) is 16.2. The van der Waals surface area contributed by atoms with Crippen LogP contribution in [0, 0.1) is 5.82 Å². The molecule has 1 fully saturated rings. The molecule has 6 nitrogen and oxygen atoms in total. The lowest BCUT2D eigenvalue weighted by Gasteiger charge is -2.40. The number of piperidine rings is 1. The van der Waals surface area contributed by atoms with Crippen LogP contribution in [0.25, 0.3) is 11.0 Å². The zero-order chi connectivity index (χ0) is 19.8. The highest BCUT2D eigenvalue weighted by atomic mass is 19.1. The number of hydrogen-bond donors (Lipinski definition) is 0. The first-order valence-corrected chi connectivity index (χ1v) is 9.84. The molecule has 0 spiro atoms. The van der Waals surface area contributed by atoms with Crippen molar-refractivity contribution in [2.45, 2.75) is 25.0 Å². The average Bonchev–Trinajstić information content (AvgIpc) is 3.18. The molecule has 148 valence electrons. The SMILES string of the molecule is CN1C=CC(c2ccncn2)=NC1N1CCC(c2coc3cc(F)ccc23)CC1. The number of aromatic nitrogens is 2. The minimum Gasteiger partial charge on any atom is -0.464 e. The van der Waals surface area contributed by atoms with Gasteiger partial charge in [0, 0.05) is 49.6 Å². The molecular weight excluding hydrogens is 369 g/mol. The number of benzene rings is 1. The smallest absolute Gasteiger partial charge is 0.178 e. The molecule has 0 N–H and O–H groups in total. The maximum atomic E-state index is 13.4. The summed E-state index contributed by atoms with van der Waals surface area (Å²) in [6.45, 7) is 1.86. The number of likely N-dealkylation sites (tertiary alicyclic amines) is 1. The number of allylic oxidation sites excluding steroid dienone is 1. The molecular formula is C22H22FN5O. The first-order valence-electron chi connectivity index (χ1n) is 9.84. The maximum absolute atomic E-state index is 13.4. The minimum absolute atomic E-state index is 0.0406. The summed E-state index contributed by atoms with van der Waals surface area (Å²) in [6.07, 6.45) is 11.1. The van der Waals surface area contributed by atoms with Gasteiger partial charge in [0.1, 0.15) is 17.7 Å². The van der Waals surface area contributed by atoms with Crippen molar-refractivity contribution in [1.82, 2.24) is 19.8 Å². The van der Waals surface area contributed by atoms with Crippen LogP contribution in [0.15, 0.2) is 64.7 Å². The molecule has 0 aliphatic carbocycles. The highest BCUT2D eigenvalue weighted by molar-refractivity contribution is 6.07. The first kappa shape index (κ1) is 18.0. The van der Waals surface area contributed by atoms with Crippen LogP contribution in [-0.4, -0.2) is 51.9 Å². The third-order valence-corrected chi connectivity index (χ3v) is 5.79. The second kappa shape index (κ2) is 7.40. The lowest BCUT2D eigenvalue weighted by atomic mass is 9.89. The largest absolute Gasteiger partial charge is 0.464 e. The van der Waals surface area contributed by atoms with Crippen molar-refractivity contribution in [3.05, 3.63) is 72.4 Å². The van der Waals surface area contributed by atoms with Gasteiger partial charge in [-0.15, -0.1) is 0 Å². The van der Waals surface area contributed by atoms with Gasteiger partial charge in [0.15, 0.2) is 6.29 Å². The van der Waals surface area contributed by atoms with Gasteiger partial charge in [-0.3, -0.25) is 4.90 Å². The van der Waals surface area contributed by atoms with E-state index in [0.29, 0.717) is 11.5 Å². The van der Waals surface area contributed by atoms with E-state index in [1.165, 1.54) is 17.7 Å². The fourth-order valence-corrected chi connectivity index (χ4v) is 4.24. The Balaban J connectivity index is 1.32. The van der Waals surface area contributed by atoms with Gasteiger partial charge in [0.25, 0.3) is 0 Å². The molecule has 5 rings (SSSR count). The normalized spacial score (nSPS) is 21.0. The molecule has 7 heteroatoms. The molecule has 1 saturated heterocycles. The highest BCUT2D eigenvalue weighted by Gasteiger charge is 2.30. The summed E-state index contributed by atoms with van der Waals surface area (Å²) in [5, 5.41) is 1.02. The van der Waals surface area contributed by atoms with Crippen LogP contribution in [0.1, 0.15) is 30.0 Å². The predicted molar refractivity (Wildman–Crippen MR) is 109 cm³/mol. The number of rotatable bonds is 3. The van der Waals surface area contributed by atoms with Crippen LogP contribution >= 0.6 is 0 Å². The van der Waals surface area contributed by atoms with E-state index < -0.39 is 0 Å². The molecule has 0 amide bonds. The van der Waals surface area contributed by atoms with E-state index >= 15 is 0 Å². The second-order valence-corrected chi connectivity index (χ2v) is 7.58. The number of fused-ring (bicyclic) bond motifs is 1. The lowest BCUT2D eigenvalue weighted by molar-refractivity contribution is 0.0731. The van der Waals surface area contributed by atoms with Gasteiger partial charge in [0.2, 0.25) is 0 Å². The van der Waals surface area contributed by atoms with E-state index in [4.69, 9.17) is 9.41 Å². The van der Waals surface area contributed by atoms with Crippen molar-refractivity contribution in [1.29, 1.82) is 0 Å². The van der Waals surface area contributed by atoms with Crippen LogP contribution in [0.4, 0.5) is 4.39 Å². The summed E-state index contributed by atoms with van der Waals surface area (Å²) in [6, 6.07) is 6.67. The molecule has 1 atom stereocenters. The molecule has 2 aliphatic heterocycles. The standard InChI is InChI=1S/C22H22FN5O/c1-27-9-7-20(19-4-8-24-14-25-19)26-22(27)28-10-5-15(6-11-28)18-13-29-21-12-16(23)2-3-17(18)21/h2-4,7-9,12-15,22H,5-6,10-11H2,1H3. The molecule has 1 unspecified atom stereocenters. The van der Waals surface area contributed by atoms with Crippen LogP contribution in [0.2, 0.25) is 0 Å². The number of halogens is 1. The highest BCUT2D eigenvalue weighted by Crippen LogP contribution is 2.35. The second-order valence-electron chi connectivity index (χ2n) is 7.58. The summed E-state index contributed by atoms with van der Waals surface area (Å²) in [4.78, 5) is 17.8. The van der Waals surface area contributed by atoms with E-state index in [2.05, 4.69) is 26.0 Å². The van der Waals surface area contributed by atoms with E-state index in [0.717, 1.165) is 42.7 Å². The molecule has 0 saturated carbocycles. The summed E-state index contributed by atoms with van der Waals surface area (Å²) in [7, 11) is 2.05. The molecule has 1 aromatic carbocycles. The summed E-state index contributed by atoms with van der Waals surface area (Å²) in [5.74, 6) is 0.145. The van der Waals surface area contributed by atoms with Crippen molar-refractivity contribution in [3.63, 3.8) is 0 Å². The fraction of sp³-hybridized carbons (Fsp3) is 0.318. The molecule has 0 bridgehead atoms. The number of nitrogens with zero attached hydrogens (tertiary/aromatic N) is 5. The molecule has 2 aliphatic rings. The van der Waals surface area contributed by atoms with Crippen LogP contribution in [0.3, 0.4) is 0 Å². The Hall–Kier alpha value is -3.06. The Bertz CT molecular complexity index is 1070. The topological polar surface area (TPSA) is 57.8 Å². The van der Waals surface area contributed by atoms with Crippen LogP contribution < -0.4 is 0 Å². The third kappa shape index (κ3) is 3.42. The average molecular weight is 391 g/mol. The molecule has 4 heterocycles. The van der Waals surface area contributed by atoms with Crippen molar-refractivity contribution < 1.29 is 8.81 Å². The quantitative estimate of drug-likeness (QED) is 0.680. The van der Waals surface area contributed by atoms with Crippen molar-refractivity contribution in [2.24, 2.45) is 4.99 Å². The number of furan rings is 1. The summed E-state index contributed by atoms with van der Waals surface area (Å²) < 4.78 is 19.0. The van der Waals surface area contributed by atoms with Gasteiger partial charge in [-0.2, -0.15) is 0 Å². The number of aliphatic imine (C=N–C) groups is 1. The van der Waals surface area contributed by atoms with Gasteiger partial charge in [-0.25, -0.2) is 19.4 Å². The van der Waals surface area contributed by atoms with Gasteiger partial charge in [-0.05, 0) is 43.0 Å². The van der Waals surface area contributed by atoms with Crippen molar-refractivity contribution in [2.75, 3.05) is 20.1 Å². The maximum Gasteiger partial charge on any atom is 0.178 e. The third-order valence-electron chi connectivity index (χ3n) is 5.79. The van der Waals surface area contributed by atoms with E-state index in [9.17, 15) is 4.39 Å². The van der Waals surface area contributed by atoms with Gasteiger partial charge >= 0.3 is 0 Å². The monoisotopic (exact) mass is 391 g/mol. The van der Waals surface area contributed by atoms with Gasteiger partial charge < -0.3 is 9.32 Å². The Morgan fingerprint density at radius 3 is 2.83 bits per heavy atom. The summed E-state index contributed by atoms with van der Waals surface area (Å²) >= 11 is 0. The van der Waals surface area contributed by atoms with Crippen LogP contribution in [0.5, 0.6) is 0 Å². The van der Waals surface area contributed by atoms with Crippen molar-refractivity contribution >= 4 is 16.7 Å². The Kier molecular flexibility index (Phi) is 4.60.